The van der Waals surface area contributed by atoms with Crippen LogP contribution in [-0.2, 0) is 22.6 Å². The van der Waals surface area contributed by atoms with E-state index in [1.807, 2.05) is 31.2 Å². The second-order valence-electron chi connectivity index (χ2n) is 14.6. The molecule has 1 aliphatic heterocycles. The van der Waals surface area contributed by atoms with Gasteiger partial charge in [0.15, 0.2) is 10.6 Å². The Balaban J connectivity index is 0.919. The van der Waals surface area contributed by atoms with Crippen LogP contribution in [0.25, 0.3) is 11.1 Å². The van der Waals surface area contributed by atoms with E-state index in [9.17, 15) is 9.90 Å². The number of rotatable bonds is 10. The fourth-order valence-electron chi connectivity index (χ4n) is 8.95. The van der Waals surface area contributed by atoms with Gasteiger partial charge in [0.05, 0.1) is 18.8 Å². The van der Waals surface area contributed by atoms with Gasteiger partial charge in [-0.05, 0) is 97.1 Å². The monoisotopic (exact) mass is 696 g/mol. The highest BCUT2D eigenvalue weighted by atomic mass is 32.2. The Morgan fingerprint density at radius 1 is 0.878 bits per heavy atom. The van der Waals surface area contributed by atoms with Gasteiger partial charge in [-0.2, -0.15) is 0 Å². The molecule has 10 heteroatoms. The number of aliphatic hydroxyl groups excluding tert-OH is 1. The van der Waals surface area contributed by atoms with E-state index in [0.717, 1.165) is 91.9 Å². The van der Waals surface area contributed by atoms with Gasteiger partial charge in [-0.1, -0.05) is 89.8 Å². The van der Waals surface area contributed by atoms with Gasteiger partial charge >= 0.3 is 6.03 Å². The number of benzene rings is 3. The van der Waals surface area contributed by atoms with Crippen molar-refractivity contribution < 1.29 is 19.4 Å². The number of thioether (sulfide) groups is 1. The van der Waals surface area contributed by atoms with Crippen LogP contribution in [0.4, 0.5) is 4.79 Å². The standard InChI is InChI=1S/C39H44N4O4S2/c1-24-42-43-38(49-24)48-23-34-17-35(31-7-5-25(22-44)6-8-31)47-36(46-34)32-11-9-30(10-12-32)33-4-2-3-26(16-33)21-40-37(45)41-39-18-27-13-28(19-39)15-29(14-27)20-39/h2-12,16,27-29,34-36,44H,13-15,17-23H2,1H3,(H2,40,41,45)/t27?,28?,29?,34-,35+,36+,39?/m1/s1. The molecule has 5 fully saturated rings. The van der Waals surface area contributed by atoms with Gasteiger partial charge in [0.1, 0.15) is 5.01 Å². The molecular weight excluding hydrogens is 653 g/mol. The number of nitrogens with one attached hydrogen (secondary N) is 2. The van der Waals surface area contributed by atoms with Crippen LogP contribution < -0.4 is 10.6 Å². The molecule has 3 atom stereocenters. The Bertz CT molecular complexity index is 1730. The number of urea groups is 1. The lowest BCUT2D eigenvalue weighted by molar-refractivity contribution is -0.245. The molecule has 4 aliphatic carbocycles. The summed E-state index contributed by atoms with van der Waals surface area (Å²) in [5.41, 5.74) is 6.18. The van der Waals surface area contributed by atoms with Crippen molar-refractivity contribution in [3.8, 4) is 11.1 Å². The first-order valence-electron chi connectivity index (χ1n) is 17.6. The zero-order chi connectivity index (χ0) is 33.4. The first-order valence-corrected chi connectivity index (χ1v) is 19.4. The van der Waals surface area contributed by atoms with Crippen molar-refractivity contribution in [1.29, 1.82) is 0 Å². The minimum atomic E-state index is -0.518. The summed E-state index contributed by atoms with van der Waals surface area (Å²) in [5.74, 6) is 3.15. The van der Waals surface area contributed by atoms with Gasteiger partial charge in [0.2, 0.25) is 0 Å². The van der Waals surface area contributed by atoms with Crippen molar-refractivity contribution in [1.82, 2.24) is 20.8 Å². The SMILES string of the molecule is Cc1nnc(SC[C@H]2C[C@@H](c3ccc(CO)cc3)O[C@@H](c3ccc(-c4cccc(CNC(=O)NC56CC7CC(CC(C7)C5)C6)c4)cc3)O2)s1. The lowest BCUT2D eigenvalue weighted by atomic mass is 9.53. The summed E-state index contributed by atoms with van der Waals surface area (Å²) in [4.78, 5) is 13.1. The van der Waals surface area contributed by atoms with Crippen LogP contribution >= 0.6 is 23.1 Å². The van der Waals surface area contributed by atoms with E-state index < -0.39 is 6.29 Å². The van der Waals surface area contributed by atoms with E-state index in [4.69, 9.17) is 9.47 Å². The van der Waals surface area contributed by atoms with Gasteiger partial charge in [0, 0.05) is 29.8 Å². The molecule has 1 aromatic heterocycles. The average molecular weight is 697 g/mol. The molecule has 0 spiro atoms. The Hall–Kier alpha value is -3.28. The van der Waals surface area contributed by atoms with E-state index in [-0.39, 0.29) is 30.4 Å². The number of hydrogen-bond donors (Lipinski definition) is 3. The lowest BCUT2D eigenvalue weighted by Gasteiger charge is -2.56. The van der Waals surface area contributed by atoms with E-state index in [1.54, 1.807) is 23.1 Å². The maximum Gasteiger partial charge on any atom is 0.315 e. The van der Waals surface area contributed by atoms with Crippen LogP contribution in [0, 0.1) is 24.7 Å². The van der Waals surface area contributed by atoms with Crippen molar-refractivity contribution in [2.45, 2.75) is 93.4 Å². The minimum absolute atomic E-state index is 0.00941. The molecule has 2 heterocycles. The summed E-state index contributed by atoms with van der Waals surface area (Å²) in [6.07, 6.45) is 7.56. The topological polar surface area (TPSA) is 106 Å². The number of aryl methyl sites for hydroxylation is 1. The molecule has 2 amide bonds. The fourth-order valence-corrected chi connectivity index (χ4v) is 10.8. The molecule has 49 heavy (non-hydrogen) atoms. The van der Waals surface area contributed by atoms with Crippen LogP contribution in [0.5, 0.6) is 0 Å². The maximum atomic E-state index is 13.1. The Labute approximate surface area is 296 Å². The fraction of sp³-hybridized carbons (Fsp3) is 0.462. The third-order valence-electron chi connectivity index (χ3n) is 10.8. The molecule has 4 aromatic rings. The molecule has 3 N–H and O–H groups in total. The van der Waals surface area contributed by atoms with Crippen molar-refractivity contribution in [3.05, 3.63) is 100 Å². The molecular formula is C39H44N4O4S2. The molecule has 8 nitrogen and oxygen atoms in total. The summed E-state index contributed by atoms with van der Waals surface area (Å²) in [6.45, 7) is 2.47. The third kappa shape index (κ3) is 7.59. The number of ether oxygens (including phenoxy) is 2. The average Bonchev–Trinajstić information content (AvgIpc) is 3.54. The van der Waals surface area contributed by atoms with Gasteiger partial charge in [-0.3, -0.25) is 0 Å². The number of carbonyl (C=O) groups is 1. The maximum absolute atomic E-state index is 13.1. The summed E-state index contributed by atoms with van der Waals surface area (Å²) >= 11 is 3.27. The van der Waals surface area contributed by atoms with Crippen molar-refractivity contribution in [3.63, 3.8) is 0 Å². The first kappa shape index (κ1) is 32.9. The summed E-state index contributed by atoms with van der Waals surface area (Å²) in [7, 11) is 0. The largest absolute Gasteiger partial charge is 0.392 e. The zero-order valence-electron chi connectivity index (χ0n) is 27.8. The van der Waals surface area contributed by atoms with Gasteiger partial charge < -0.3 is 25.2 Å². The number of aliphatic hydroxyl groups is 1. The molecule has 9 rings (SSSR count). The second-order valence-corrected chi connectivity index (χ2v) is 17.0. The Kier molecular flexibility index (Phi) is 9.50. The van der Waals surface area contributed by atoms with Gasteiger partial charge in [-0.15, -0.1) is 10.2 Å². The highest BCUT2D eigenvalue weighted by Gasteiger charge is 2.51. The van der Waals surface area contributed by atoms with E-state index in [0.29, 0.717) is 6.54 Å². The van der Waals surface area contributed by atoms with Crippen LogP contribution in [0.1, 0.15) is 84.6 Å². The number of carbonyl (C=O) groups excluding carboxylic acids is 1. The summed E-state index contributed by atoms with van der Waals surface area (Å²) < 4.78 is 14.0. The van der Waals surface area contributed by atoms with Gasteiger partial charge in [0.25, 0.3) is 0 Å². The molecule has 256 valence electrons. The lowest BCUT2D eigenvalue weighted by Crippen LogP contribution is -2.61. The van der Waals surface area contributed by atoms with Crippen molar-refractivity contribution in [2.24, 2.45) is 17.8 Å². The number of amides is 2. The zero-order valence-corrected chi connectivity index (χ0v) is 29.5. The number of nitrogens with zero attached hydrogens (tertiary/aromatic N) is 2. The molecule has 4 saturated carbocycles. The van der Waals surface area contributed by atoms with Gasteiger partial charge in [-0.25, -0.2) is 4.79 Å². The van der Waals surface area contributed by atoms with E-state index in [1.165, 1.54) is 19.3 Å². The quantitative estimate of drug-likeness (QED) is 0.144. The normalized spacial score (nSPS) is 28.8. The number of hydrogen-bond acceptors (Lipinski definition) is 8. The van der Waals surface area contributed by atoms with E-state index >= 15 is 0 Å². The smallest absolute Gasteiger partial charge is 0.315 e. The second kappa shape index (κ2) is 14.2. The number of aromatic nitrogens is 2. The highest BCUT2D eigenvalue weighted by molar-refractivity contribution is 8.01. The molecule has 0 radical (unpaired) electrons. The Morgan fingerprint density at radius 2 is 1.59 bits per heavy atom. The van der Waals surface area contributed by atoms with Crippen molar-refractivity contribution in [2.75, 3.05) is 5.75 Å². The molecule has 4 bridgehead atoms. The summed E-state index contributed by atoms with van der Waals surface area (Å²) in [6, 6.07) is 24.7. The van der Waals surface area contributed by atoms with Crippen molar-refractivity contribution >= 4 is 29.1 Å². The third-order valence-corrected chi connectivity index (χ3v) is 12.9. The predicted molar refractivity (Wildman–Crippen MR) is 192 cm³/mol. The minimum Gasteiger partial charge on any atom is -0.392 e. The molecule has 3 aromatic carbocycles. The highest BCUT2D eigenvalue weighted by Crippen LogP contribution is 2.55. The van der Waals surface area contributed by atoms with Crippen LogP contribution in [0.3, 0.4) is 0 Å². The molecule has 0 unspecified atom stereocenters. The first-order chi connectivity index (χ1) is 23.9. The van der Waals surface area contributed by atoms with Crippen LogP contribution in [-0.4, -0.2) is 38.7 Å². The molecule has 5 aliphatic rings. The predicted octanol–water partition coefficient (Wildman–Crippen LogP) is 8.11. The molecule has 1 saturated heterocycles. The van der Waals surface area contributed by atoms with Crippen LogP contribution in [0.2, 0.25) is 0 Å². The Morgan fingerprint density at radius 3 is 2.27 bits per heavy atom. The van der Waals surface area contributed by atoms with E-state index in [2.05, 4.69) is 69.4 Å². The van der Waals surface area contributed by atoms with Crippen LogP contribution in [0.15, 0.2) is 77.1 Å². The summed E-state index contributed by atoms with van der Waals surface area (Å²) in [5, 5.41) is 25.5.